The SMILES string of the molecule is COc1ccc(S(=O)(=O)N(C)C)cc1CCC(=O)NCc1cccc(CN2CCOCC2)c1. The monoisotopic (exact) mass is 475 g/mol. The van der Waals surface area contributed by atoms with E-state index in [0.29, 0.717) is 24.3 Å². The largest absolute Gasteiger partial charge is 0.496 e. The minimum absolute atomic E-state index is 0.100. The summed E-state index contributed by atoms with van der Waals surface area (Å²) in [4.78, 5) is 15.0. The fourth-order valence-corrected chi connectivity index (χ4v) is 4.67. The van der Waals surface area contributed by atoms with Crippen LogP contribution in [0.1, 0.15) is 23.1 Å². The van der Waals surface area contributed by atoms with Crippen LogP contribution in [0.4, 0.5) is 0 Å². The number of nitrogens with one attached hydrogen (secondary N) is 1. The summed E-state index contributed by atoms with van der Waals surface area (Å²) < 4.78 is 36.8. The zero-order chi connectivity index (χ0) is 23.8. The van der Waals surface area contributed by atoms with E-state index in [2.05, 4.69) is 22.3 Å². The van der Waals surface area contributed by atoms with Crippen molar-refractivity contribution in [3.8, 4) is 5.75 Å². The summed E-state index contributed by atoms with van der Waals surface area (Å²) in [5.74, 6) is 0.466. The van der Waals surface area contributed by atoms with E-state index in [9.17, 15) is 13.2 Å². The average Bonchev–Trinajstić information content (AvgIpc) is 2.82. The molecule has 1 aliphatic rings. The van der Waals surface area contributed by atoms with Gasteiger partial charge in [-0.05, 0) is 41.3 Å². The van der Waals surface area contributed by atoms with E-state index in [1.807, 2.05) is 12.1 Å². The normalized spacial score (nSPS) is 14.9. The fourth-order valence-electron chi connectivity index (χ4n) is 3.71. The molecule has 2 aromatic rings. The fraction of sp³-hybridized carbons (Fsp3) is 0.458. The molecule has 1 fully saturated rings. The van der Waals surface area contributed by atoms with Crippen LogP contribution in [0.5, 0.6) is 5.75 Å². The van der Waals surface area contributed by atoms with Crippen molar-refractivity contribution in [2.45, 2.75) is 30.8 Å². The van der Waals surface area contributed by atoms with Crippen LogP contribution in [-0.4, -0.2) is 71.0 Å². The summed E-state index contributed by atoms with van der Waals surface area (Å²) in [7, 11) is 0.951. The molecule has 0 atom stereocenters. The number of amides is 1. The second kappa shape index (κ2) is 11.6. The molecule has 180 valence electrons. The van der Waals surface area contributed by atoms with Crippen LogP contribution < -0.4 is 10.1 Å². The molecular weight excluding hydrogens is 442 g/mol. The predicted molar refractivity (Wildman–Crippen MR) is 127 cm³/mol. The van der Waals surface area contributed by atoms with Crippen molar-refractivity contribution in [2.24, 2.45) is 0 Å². The molecule has 8 nitrogen and oxygen atoms in total. The Bertz CT molecular complexity index is 1050. The van der Waals surface area contributed by atoms with Gasteiger partial charge in [-0.15, -0.1) is 0 Å². The van der Waals surface area contributed by atoms with Gasteiger partial charge in [-0.25, -0.2) is 12.7 Å². The molecule has 1 amide bonds. The summed E-state index contributed by atoms with van der Waals surface area (Å²) in [5, 5.41) is 2.96. The second-order valence-electron chi connectivity index (χ2n) is 8.25. The summed E-state index contributed by atoms with van der Waals surface area (Å²) in [6.45, 7) is 4.72. The molecule has 1 N–H and O–H groups in total. The van der Waals surface area contributed by atoms with E-state index < -0.39 is 10.0 Å². The van der Waals surface area contributed by atoms with Gasteiger partial charge in [0.1, 0.15) is 5.75 Å². The molecule has 0 bridgehead atoms. The van der Waals surface area contributed by atoms with Gasteiger partial charge >= 0.3 is 0 Å². The van der Waals surface area contributed by atoms with E-state index in [1.54, 1.807) is 12.1 Å². The molecule has 9 heteroatoms. The highest BCUT2D eigenvalue weighted by Gasteiger charge is 2.19. The van der Waals surface area contributed by atoms with Gasteiger partial charge in [0.25, 0.3) is 0 Å². The number of nitrogens with zero attached hydrogens (tertiary/aromatic N) is 2. The summed E-state index contributed by atoms with van der Waals surface area (Å²) in [6.07, 6.45) is 0.609. The Kier molecular flexibility index (Phi) is 8.85. The smallest absolute Gasteiger partial charge is 0.242 e. The van der Waals surface area contributed by atoms with Gasteiger partial charge < -0.3 is 14.8 Å². The lowest BCUT2D eigenvalue weighted by Gasteiger charge is -2.26. The van der Waals surface area contributed by atoms with Crippen molar-refractivity contribution in [1.82, 2.24) is 14.5 Å². The molecule has 0 unspecified atom stereocenters. The maximum Gasteiger partial charge on any atom is 0.242 e. The van der Waals surface area contributed by atoms with Crippen LogP contribution in [-0.2, 0) is 39.1 Å². The number of morpholine rings is 1. The Balaban J connectivity index is 1.56. The number of carbonyl (C=O) groups is 1. The standard InChI is InChI=1S/C24H33N3O5S/c1-26(2)33(29,30)22-8-9-23(31-3)21(16-22)7-10-24(28)25-17-19-5-4-6-20(15-19)18-27-11-13-32-14-12-27/h4-6,8-9,15-16H,7,10-14,17-18H2,1-3H3,(H,25,28). The third-order valence-electron chi connectivity index (χ3n) is 5.64. The van der Waals surface area contributed by atoms with Crippen LogP contribution in [0.25, 0.3) is 0 Å². The third kappa shape index (κ3) is 7.01. The first-order valence-corrected chi connectivity index (χ1v) is 12.5. The zero-order valence-corrected chi connectivity index (χ0v) is 20.4. The van der Waals surface area contributed by atoms with Gasteiger partial charge in [-0.3, -0.25) is 9.69 Å². The zero-order valence-electron chi connectivity index (χ0n) is 19.5. The molecule has 1 aliphatic heterocycles. The summed E-state index contributed by atoms with van der Waals surface area (Å²) in [6, 6.07) is 13.0. The quantitative estimate of drug-likeness (QED) is 0.566. The van der Waals surface area contributed by atoms with Gasteiger partial charge in [-0.1, -0.05) is 24.3 Å². The van der Waals surface area contributed by atoms with E-state index in [-0.39, 0.29) is 17.2 Å². The molecule has 2 aromatic carbocycles. The molecule has 0 aliphatic carbocycles. The van der Waals surface area contributed by atoms with Crippen molar-refractivity contribution in [3.63, 3.8) is 0 Å². The number of ether oxygens (including phenoxy) is 2. The lowest BCUT2D eigenvalue weighted by Crippen LogP contribution is -2.35. The topological polar surface area (TPSA) is 88.2 Å². The molecule has 1 saturated heterocycles. The molecule has 0 spiro atoms. The van der Waals surface area contributed by atoms with Crippen LogP contribution in [0.3, 0.4) is 0 Å². The minimum Gasteiger partial charge on any atom is -0.496 e. The number of benzene rings is 2. The van der Waals surface area contributed by atoms with Crippen molar-refractivity contribution in [1.29, 1.82) is 0 Å². The van der Waals surface area contributed by atoms with Gasteiger partial charge in [0.2, 0.25) is 15.9 Å². The van der Waals surface area contributed by atoms with Crippen LogP contribution in [0.15, 0.2) is 47.4 Å². The van der Waals surface area contributed by atoms with Gasteiger partial charge in [0.05, 0.1) is 25.2 Å². The van der Waals surface area contributed by atoms with E-state index in [4.69, 9.17) is 9.47 Å². The number of aryl methyl sites for hydroxylation is 1. The Morgan fingerprint density at radius 3 is 2.55 bits per heavy atom. The number of rotatable bonds is 10. The van der Waals surface area contributed by atoms with Gasteiger partial charge in [0, 0.05) is 46.7 Å². The van der Waals surface area contributed by atoms with Crippen molar-refractivity contribution < 1.29 is 22.7 Å². The predicted octanol–water partition coefficient (Wildman–Crippen LogP) is 2.03. The third-order valence-corrected chi connectivity index (χ3v) is 7.45. The van der Waals surface area contributed by atoms with Crippen LogP contribution in [0.2, 0.25) is 0 Å². The van der Waals surface area contributed by atoms with E-state index in [0.717, 1.165) is 38.4 Å². The number of hydrogen-bond acceptors (Lipinski definition) is 6. The van der Waals surface area contributed by atoms with Crippen molar-refractivity contribution >= 4 is 15.9 Å². The Labute approximate surface area is 196 Å². The van der Waals surface area contributed by atoms with Crippen molar-refractivity contribution in [2.75, 3.05) is 47.5 Å². The highest BCUT2D eigenvalue weighted by molar-refractivity contribution is 7.89. The average molecular weight is 476 g/mol. The molecule has 0 radical (unpaired) electrons. The van der Waals surface area contributed by atoms with Crippen LogP contribution in [0, 0.1) is 0 Å². The van der Waals surface area contributed by atoms with E-state index in [1.165, 1.54) is 37.1 Å². The maximum atomic E-state index is 12.5. The lowest BCUT2D eigenvalue weighted by atomic mass is 10.1. The summed E-state index contributed by atoms with van der Waals surface area (Å²) in [5.41, 5.74) is 2.95. The first kappa shape index (κ1) is 25.2. The summed E-state index contributed by atoms with van der Waals surface area (Å²) >= 11 is 0. The Morgan fingerprint density at radius 1 is 1.12 bits per heavy atom. The molecule has 3 rings (SSSR count). The maximum absolute atomic E-state index is 12.5. The van der Waals surface area contributed by atoms with Crippen molar-refractivity contribution in [3.05, 3.63) is 59.2 Å². The second-order valence-corrected chi connectivity index (χ2v) is 10.4. The molecule has 0 aromatic heterocycles. The first-order chi connectivity index (χ1) is 15.8. The lowest BCUT2D eigenvalue weighted by molar-refractivity contribution is -0.121. The molecular formula is C24H33N3O5S. The highest BCUT2D eigenvalue weighted by atomic mass is 32.2. The minimum atomic E-state index is -3.56. The van der Waals surface area contributed by atoms with Gasteiger partial charge in [-0.2, -0.15) is 0 Å². The first-order valence-electron chi connectivity index (χ1n) is 11.0. The number of carbonyl (C=O) groups excluding carboxylic acids is 1. The number of hydrogen-bond donors (Lipinski definition) is 1. The Hall–Kier alpha value is -2.46. The van der Waals surface area contributed by atoms with E-state index >= 15 is 0 Å². The molecule has 33 heavy (non-hydrogen) atoms. The molecule has 1 heterocycles. The van der Waals surface area contributed by atoms with Crippen LogP contribution >= 0.6 is 0 Å². The number of methoxy groups -OCH3 is 1. The number of sulfonamides is 1. The molecule has 0 saturated carbocycles. The van der Waals surface area contributed by atoms with Gasteiger partial charge in [0.15, 0.2) is 0 Å². The Morgan fingerprint density at radius 2 is 1.85 bits per heavy atom. The highest BCUT2D eigenvalue weighted by Crippen LogP contribution is 2.25.